The van der Waals surface area contributed by atoms with Crippen LogP contribution in [-0.4, -0.2) is 38.5 Å². The molecule has 2 N–H and O–H groups in total. The predicted molar refractivity (Wildman–Crippen MR) is 128 cm³/mol. The Morgan fingerprint density at radius 1 is 0.828 bits per heavy atom. The molecule has 0 bridgehead atoms. The molecule has 3 rings (SSSR count). The topological polar surface area (TPSA) is 32.3 Å². The Bertz CT molecular complexity index is 1010. The first-order valence-electron chi connectivity index (χ1n) is 9.82. The Morgan fingerprint density at radius 2 is 1.38 bits per heavy atom. The molecule has 2 aromatic carbocycles. The van der Waals surface area contributed by atoms with Crippen LogP contribution < -0.4 is 10.6 Å². The van der Waals surface area contributed by atoms with Crippen LogP contribution in [0.5, 0.6) is 0 Å². The van der Waals surface area contributed by atoms with Gasteiger partial charge in [-0.2, -0.15) is 0 Å². The van der Waals surface area contributed by atoms with Crippen molar-refractivity contribution in [2.75, 3.05) is 38.8 Å². The van der Waals surface area contributed by atoms with E-state index in [2.05, 4.69) is 111 Å². The van der Waals surface area contributed by atoms with Crippen molar-refractivity contribution in [3.05, 3.63) is 95.6 Å². The summed E-state index contributed by atoms with van der Waals surface area (Å²) in [5.74, 6) is 0. The standard InChI is InChI=1S/C26H29N3/c1-19(20-6-12-23(27)13-7-20)18-26(21-8-14-24(15-9-21)28(2)3)22-10-16-25(17-11-22)29(4)5/h6-18,27H,1-5H3/p+1. The first-order chi connectivity index (χ1) is 13.8. The van der Waals surface area contributed by atoms with Gasteiger partial charge in [-0.25, -0.2) is 4.58 Å². The molecule has 0 spiro atoms. The Balaban J connectivity index is 2.09. The van der Waals surface area contributed by atoms with E-state index in [4.69, 9.17) is 5.73 Å². The molecule has 2 aromatic rings. The highest BCUT2D eigenvalue weighted by Gasteiger charge is 2.11. The lowest BCUT2D eigenvalue weighted by molar-refractivity contribution is -0.462. The average molecular weight is 385 g/mol. The Labute approximate surface area is 174 Å². The summed E-state index contributed by atoms with van der Waals surface area (Å²) in [6.45, 7) is 2.15. The van der Waals surface area contributed by atoms with E-state index in [1.165, 1.54) is 39.2 Å². The molecule has 3 nitrogen and oxygen atoms in total. The number of rotatable bonds is 4. The zero-order valence-corrected chi connectivity index (χ0v) is 18.0. The second-order valence-electron chi connectivity index (χ2n) is 7.75. The van der Waals surface area contributed by atoms with E-state index >= 15 is 0 Å². The number of benzene rings is 2. The highest BCUT2D eigenvalue weighted by molar-refractivity contribution is 6.04. The van der Waals surface area contributed by atoms with Crippen LogP contribution in [-0.2, 0) is 0 Å². The second kappa shape index (κ2) is 8.78. The van der Waals surface area contributed by atoms with E-state index in [1.54, 1.807) is 0 Å². The summed E-state index contributed by atoms with van der Waals surface area (Å²) in [6, 6.07) is 16.8. The van der Waals surface area contributed by atoms with Crippen molar-refractivity contribution in [1.29, 1.82) is 0 Å². The largest absolute Gasteiger partial charge is 0.399 e. The lowest BCUT2D eigenvalue weighted by Gasteiger charge is -2.15. The summed E-state index contributed by atoms with van der Waals surface area (Å²) in [4.78, 5) is 2.12. The smallest absolute Gasteiger partial charge is 0.199 e. The van der Waals surface area contributed by atoms with Gasteiger partial charge in [0, 0.05) is 37.6 Å². The quantitative estimate of drug-likeness (QED) is 0.592. The number of hydrogen-bond acceptors (Lipinski definition) is 2. The van der Waals surface area contributed by atoms with Gasteiger partial charge in [0.05, 0.1) is 0 Å². The van der Waals surface area contributed by atoms with Gasteiger partial charge in [0.2, 0.25) is 0 Å². The molecule has 0 atom stereocenters. The maximum atomic E-state index is 5.85. The van der Waals surface area contributed by atoms with Crippen molar-refractivity contribution in [3.63, 3.8) is 0 Å². The van der Waals surface area contributed by atoms with Gasteiger partial charge in [-0.3, -0.25) is 0 Å². The fourth-order valence-corrected chi connectivity index (χ4v) is 3.26. The van der Waals surface area contributed by atoms with Crippen LogP contribution in [0.2, 0.25) is 0 Å². The van der Waals surface area contributed by atoms with Crippen LogP contribution in [0.25, 0.3) is 11.1 Å². The number of anilines is 2. The van der Waals surface area contributed by atoms with Crippen LogP contribution in [0, 0.1) is 0 Å². The van der Waals surface area contributed by atoms with Gasteiger partial charge < -0.3 is 10.6 Å². The summed E-state index contributed by atoms with van der Waals surface area (Å²) in [6.07, 6.45) is 11.0. The number of nitrogens with two attached hydrogens (primary N) is 1. The molecular formula is C26H30N3+. The third-order valence-corrected chi connectivity index (χ3v) is 5.12. The van der Waals surface area contributed by atoms with Crippen molar-refractivity contribution >= 4 is 28.2 Å². The summed E-state index contributed by atoms with van der Waals surface area (Å²) in [5.41, 5.74) is 15.0. The molecule has 1 aliphatic rings. The van der Waals surface area contributed by atoms with Gasteiger partial charge in [0.1, 0.15) is 14.1 Å². The third-order valence-electron chi connectivity index (χ3n) is 5.12. The fraction of sp³-hybridized carbons (Fsp3) is 0.192. The van der Waals surface area contributed by atoms with Crippen molar-refractivity contribution in [2.24, 2.45) is 0 Å². The maximum Gasteiger partial charge on any atom is 0.199 e. The van der Waals surface area contributed by atoms with Gasteiger partial charge >= 0.3 is 0 Å². The minimum atomic E-state index is 0.782. The molecule has 29 heavy (non-hydrogen) atoms. The van der Waals surface area contributed by atoms with Gasteiger partial charge in [-0.05, 0) is 71.2 Å². The van der Waals surface area contributed by atoms with Gasteiger partial charge in [-0.15, -0.1) is 0 Å². The number of hydrogen-bond donors (Lipinski definition) is 1. The van der Waals surface area contributed by atoms with E-state index in [9.17, 15) is 0 Å². The molecule has 1 aliphatic carbocycles. The number of allylic oxidation sites excluding steroid dienone is 8. The lowest BCUT2D eigenvalue weighted by atomic mass is 9.93. The van der Waals surface area contributed by atoms with Crippen LogP contribution in [0.1, 0.15) is 18.1 Å². The molecule has 148 valence electrons. The Kier molecular flexibility index (Phi) is 6.18. The molecule has 0 aromatic heterocycles. The lowest BCUT2D eigenvalue weighted by Crippen LogP contribution is -2.10. The molecular weight excluding hydrogens is 354 g/mol. The van der Waals surface area contributed by atoms with E-state index in [1.807, 2.05) is 12.1 Å². The van der Waals surface area contributed by atoms with Gasteiger partial charge in [0.25, 0.3) is 0 Å². The Morgan fingerprint density at radius 3 is 1.90 bits per heavy atom. The molecule has 3 heteroatoms. The van der Waals surface area contributed by atoms with E-state index in [0.29, 0.717) is 0 Å². The first-order valence-corrected chi connectivity index (χ1v) is 9.82. The van der Waals surface area contributed by atoms with E-state index in [0.717, 1.165) is 5.69 Å². The van der Waals surface area contributed by atoms with Gasteiger partial charge in [0.15, 0.2) is 5.71 Å². The molecule has 0 aliphatic heterocycles. The van der Waals surface area contributed by atoms with Crippen molar-refractivity contribution < 1.29 is 4.58 Å². The van der Waals surface area contributed by atoms with Crippen molar-refractivity contribution in [3.8, 4) is 0 Å². The minimum Gasteiger partial charge on any atom is -0.399 e. The number of nitrogen functional groups attached to an aromatic ring is 1. The Hall–Kier alpha value is -3.33. The molecule has 0 amide bonds. The van der Waals surface area contributed by atoms with Crippen LogP contribution >= 0.6 is 0 Å². The number of nitrogens with zero attached hydrogens (tertiary/aromatic N) is 2. The summed E-state index contributed by atoms with van der Waals surface area (Å²) in [5, 5.41) is 0. The summed E-state index contributed by atoms with van der Waals surface area (Å²) < 4.78 is 2.12. The third kappa shape index (κ3) is 4.94. The molecule has 0 saturated heterocycles. The van der Waals surface area contributed by atoms with Crippen molar-refractivity contribution in [1.82, 2.24) is 0 Å². The van der Waals surface area contributed by atoms with Crippen molar-refractivity contribution in [2.45, 2.75) is 6.92 Å². The minimum absolute atomic E-state index is 0.782. The van der Waals surface area contributed by atoms with Crippen LogP contribution in [0.15, 0.2) is 84.5 Å². The highest BCUT2D eigenvalue weighted by Crippen LogP contribution is 2.29. The predicted octanol–water partition coefficient (Wildman–Crippen LogP) is 5.03. The normalized spacial score (nSPS) is 13.6. The summed E-state index contributed by atoms with van der Waals surface area (Å²) in [7, 11) is 8.24. The fourth-order valence-electron chi connectivity index (χ4n) is 3.26. The zero-order chi connectivity index (χ0) is 21.0. The summed E-state index contributed by atoms with van der Waals surface area (Å²) >= 11 is 0. The molecule has 0 fully saturated rings. The molecule has 0 unspecified atom stereocenters. The second-order valence-corrected chi connectivity index (χ2v) is 7.75. The molecule has 0 saturated carbocycles. The monoisotopic (exact) mass is 384 g/mol. The SMILES string of the molecule is CC(=CC(=C1C=CC(=[N+](C)C)C=C1)c1ccc(N(C)C)cc1)c1ccc(N)cc1. The van der Waals surface area contributed by atoms with E-state index in [-0.39, 0.29) is 0 Å². The van der Waals surface area contributed by atoms with Crippen LogP contribution in [0.4, 0.5) is 11.4 Å². The first kappa shape index (κ1) is 20.4. The molecule has 0 radical (unpaired) electrons. The highest BCUT2D eigenvalue weighted by atomic mass is 15.1. The van der Waals surface area contributed by atoms with Crippen LogP contribution in [0.3, 0.4) is 0 Å². The van der Waals surface area contributed by atoms with E-state index < -0.39 is 0 Å². The maximum absolute atomic E-state index is 5.85. The average Bonchev–Trinajstić information content (AvgIpc) is 2.72. The zero-order valence-electron chi connectivity index (χ0n) is 18.0. The van der Waals surface area contributed by atoms with Gasteiger partial charge in [-0.1, -0.05) is 30.3 Å². The molecule has 0 heterocycles.